The minimum atomic E-state index is -1.59. The summed E-state index contributed by atoms with van der Waals surface area (Å²) < 4.78 is 5.31. The van der Waals surface area contributed by atoms with E-state index in [2.05, 4.69) is 0 Å². The first kappa shape index (κ1) is 15.8. The fraction of sp³-hybridized carbons (Fsp3) is 1.00. The molecule has 0 aromatic carbocycles. The molecule has 0 spiro atoms. The highest BCUT2D eigenvalue weighted by Gasteiger charge is 2.43. The van der Waals surface area contributed by atoms with E-state index in [0.29, 0.717) is 6.42 Å². The summed E-state index contributed by atoms with van der Waals surface area (Å²) in [6.45, 7) is 9.00. The van der Waals surface area contributed by atoms with Crippen LogP contribution >= 0.6 is 0 Å². The molecule has 0 aromatic rings. The van der Waals surface area contributed by atoms with Crippen LogP contribution in [0.2, 0.25) is 0 Å². The molecule has 3 N–H and O–H groups in total. The number of rotatable bonds is 6. The second-order valence-electron chi connectivity index (χ2n) is 5.23. The second-order valence-corrected chi connectivity index (χ2v) is 5.23. The molecule has 16 heavy (non-hydrogen) atoms. The van der Waals surface area contributed by atoms with Crippen LogP contribution in [0.15, 0.2) is 0 Å². The molecule has 0 aliphatic heterocycles. The quantitative estimate of drug-likeness (QED) is 0.608. The maximum Gasteiger partial charge on any atom is 0.186 e. The van der Waals surface area contributed by atoms with Gasteiger partial charge in [0.2, 0.25) is 0 Å². The van der Waals surface area contributed by atoms with Crippen molar-refractivity contribution in [3.8, 4) is 0 Å². The van der Waals surface area contributed by atoms with Gasteiger partial charge in [0.25, 0.3) is 0 Å². The van der Waals surface area contributed by atoms with E-state index in [1.807, 2.05) is 6.92 Å². The van der Waals surface area contributed by atoms with E-state index >= 15 is 0 Å². The maximum atomic E-state index is 10.2. The van der Waals surface area contributed by atoms with Gasteiger partial charge in [0, 0.05) is 0 Å². The molecule has 0 rings (SSSR count). The van der Waals surface area contributed by atoms with E-state index in [4.69, 9.17) is 4.74 Å². The number of hydrogen-bond donors (Lipinski definition) is 3. The van der Waals surface area contributed by atoms with E-state index in [0.717, 1.165) is 6.42 Å². The lowest BCUT2D eigenvalue weighted by Crippen LogP contribution is -2.54. The van der Waals surface area contributed by atoms with Gasteiger partial charge >= 0.3 is 0 Å². The maximum absolute atomic E-state index is 10.2. The Morgan fingerprint density at radius 1 is 1.12 bits per heavy atom. The van der Waals surface area contributed by atoms with Gasteiger partial charge < -0.3 is 20.1 Å². The zero-order chi connectivity index (χ0) is 13.0. The zero-order valence-corrected chi connectivity index (χ0v) is 11.0. The highest BCUT2D eigenvalue weighted by Crippen LogP contribution is 2.27. The Morgan fingerprint density at radius 3 is 1.94 bits per heavy atom. The van der Waals surface area contributed by atoms with E-state index < -0.39 is 23.6 Å². The number of ether oxygens (including phenoxy) is 1. The van der Waals surface area contributed by atoms with Crippen LogP contribution in [0.5, 0.6) is 0 Å². The molecule has 3 unspecified atom stereocenters. The molecule has 0 bridgehead atoms. The summed E-state index contributed by atoms with van der Waals surface area (Å²) in [5.41, 5.74) is -2.15. The van der Waals surface area contributed by atoms with Gasteiger partial charge in [-0.3, -0.25) is 0 Å². The van der Waals surface area contributed by atoms with Crippen LogP contribution in [-0.2, 0) is 4.74 Å². The van der Waals surface area contributed by atoms with Crippen LogP contribution in [0.1, 0.15) is 53.9 Å². The second kappa shape index (κ2) is 5.96. The van der Waals surface area contributed by atoms with Crippen molar-refractivity contribution in [2.24, 2.45) is 0 Å². The van der Waals surface area contributed by atoms with Crippen LogP contribution in [0.4, 0.5) is 0 Å². The van der Waals surface area contributed by atoms with Gasteiger partial charge in [-0.05, 0) is 33.6 Å². The monoisotopic (exact) mass is 234 g/mol. The third kappa shape index (κ3) is 4.37. The smallest absolute Gasteiger partial charge is 0.186 e. The van der Waals surface area contributed by atoms with E-state index in [1.54, 1.807) is 27.7 Å². The van der Waals surface area contributed by atoms with Gasteiger partial charge in [-0.25, -0.2) is 0 Å². The molecule has 0 saturated heterocycles. The van der Waals surface area contributed by atoms with Gasteiger partial charge in [0.1, 0.15) is 5.60 Å². The Labute approximate surface area is 98.2 Å². The third-order valence-electron chi connectivity index (χ3n) is 2.60. The first-order chi connectivity index (χ1) is 7.17. The highest BCUT2D eigenvalue weighted by molar-refractivity contribution is 4.88. The van der Waals surface area contributed by atoms with Gasteiger partial charge in [-0.15, -0.1) is 0 Å². The largest absolute Gasteiger partial charge is 0.390 e. The standard InChI is InChI=1S/C12H26O4/c1-6-8-9(13)12(15,7-2)10(14)16-11(3,4)5/h9-10,13-15H,6-8H2,1-5H3. The normalized spacial score (nSPS) is 20.2. The molecule has 4 heteroatoms. The molecular formula is C12H26O4. The molecule has 0 radical (unpaired) electrons. The van der Waals surface area contributed by atoms with Crippen LogP contribution in [-0.4, -0.2) is 38.9 Å². The predicted octanol–water partition coefficient (Wildman–Crippen LogP) is 1.42. The van der Waals surface area contributed by atoms with E-state index in [-0.39, 0.29) is 6.42 Å². The Balaban J connectivity index is 4.67. The van der Waals surface area contributed by atoms with Crippen molar-refractivity contribution in [1.29, 1.82) is 0 Å². The van der Waals surface area contributed by atoms with Crippen LogP contribution < -0.4 is 0 Å². The van der Waals surface area contributed by atoms with Gasteiger partial charge in [-0.1, -0.05) is 20.3 Å². The average molecular weight is 234 g/mol. The van der Waals surface area contributed by atoms with Crippen LogP contribution in [0.3, 0.4) is 0 Å². The average Bonchev–Trinajstić information content (AvgIpc) is 2.14. The molecule has 0 saturated carbocycles. The summed E-state index contributed by atoms with van der Waals surface area (Å²) in [4.78, 5) is 0. The first-order valence-electron chi connectivity index (χ1n) is 5.93. The minimum Gasteiger partial charge on any atom is -0.390 e. The van der Waals surface area contributed by atoms with Crippen molar-refractivity contribution in [3.63, 3.8) is 0 Å². The Hall–Kier alpha value is -0.160. The van der Waals surface area contributed by atoms with Crippen molar-refractivity contribution in [3.05, 3.63) is 0 Å². The summed E-state index contributed by atoms with van der Waals surface area (Å²) in [6, 6.07) is 0. The van der Waals surface area contributed by atoms with Gasteiger partial charge in [0.05, 0.1) is 11.7 Å². The van der Waals surface area contributed by atoms with Gasteiger partial charge in [-0.2, -0.15) is 0 Å². The predicted molar refractivity (Wildman–Crippen MR) is 63.0 cm³/mol. The SMILES string of the molecule is CCCC(O)C(O)(CC)C(O)OC(C)(C)C. The van der Waals surface area contributed by atoms with Crippen molar-refractivity contribution < 1.29 is 20.1 Å². The fourth-order valence-electron chi connectivity index (χ4n) is 1.54. The highest BCUT2D eigenvalue weighted by atomic mass is 16.6. The molecule has 0 aliphatic carbocycles. The lowest BCUT2D eigenvalue weighted by molar-refractivity contribution is -0.276. The topological polar surface area (TPSA) is 69.9 Å². The molecule has 0 aromatic heterocycles. The number of aliphatic hydroxyl groups is 3. The van der Waals surface area contributed by atoms with E-state index in [9.17, 15) is 15.3 Å². The molecule has 3 atom stereocenters. The Bertz CT molecular complexity index is 200. The number of aliphatic hydroxyl groups excluding tert-OH is 2. The Morgan fingerprint density at radius 2 is 1.62 bits per heavy atom. The van der Waals surface area contributed by atoms with Crippen molar-refractivity contribution in [2.75, 3.05) is 0 Å². The van der Waals surface area contributed by atoms with Crippen LogP contribution in [0, 0.1) is 0 Å². The van der Waals surface area contributed by atoms with Crippen LogP contribution in [0.25, 0.3) is 0 Å². The molecule has 98 valence electrons. The summed E-state index contributed by atoms with van der Waals surface area (Å²) in [5, 5.41) is 29.9. The van der Waals surface area contributed by atoms with Crippen molar-refractivity contribution in [2.45, 2.75) is 77.5 Å². The molecular weight excluding hydrogens is 208 g/mol. The zero-order valence-electron chi connectivity index (χ0n) is 11.0. The summed E-state index contributed by atoms with van der Waals surface area (Å²) in [7, 11) is 0. The molecule has 0 fully saturated rings. The van der Waals surface area contributed by atoms with E-state index in [1.165, 1.54) is 0 Å². The molecule has 4 nitrogen and oxygen atoms in total. The first-order valence-corrected chi connectivity index (χ1v) is 5.93. The summed E-state index contributed by atoms with van der Waals surface area (Å²) in [5.74, 6) is 0. The van der Waals surface area contributed by atoms with Gasteiger partial charge in [0.15, 0.2) is 6.29 Å². The molecule has 0 aliphatic rings. The fourth-order valence-corrected chi connectivity index (χ4v) is 1.54. The molecule has 0 heterocycles. The lowest BCUT2D eigenvalue weighted by atomic mass is 9.89. The van der Waals surface area contributed by atoms with Crippen molar-refractivity contribution in [1.82, 2.24) is 0 Å². The lowest BCUT2D eigenvalue weighted by Gasteiger charge is -2.38. The third-order valence-corrected chi connectivity index (χ3v) is 2.60. The van der Waals surface area contributed by atoms with Crippen molar-refractivity contribution >= 4 is 0 Å². The minimum absolute atomic E-state index is 0.241. The summed E-state index contributed by atoms with van der Waals surface area (Å²) in [6.07, 6.45) is -0.926. The Kier molecular flexibility index (Phi) is 5.90. The molecule has 0 amide bonds. The number of hydrogen-bond acceptors (Lipinski definition) is 4. The summed E-state index contributed by atoms with van der Waals surface area (Å²) >= 11 is 0.